The Kier molecular flexibility index (Phi) is 3.20. The smallest absolute Gasteiger partial charge is 0.137 e. The first-order valence-corrected chi connectivity index (χ1v) is 5.31. The number of ether oxygens (including phenoxy) is 1. The molecule has 88 valence electrons. The van der Waals surface area contributed by atoms with Crippen LogP contribution in [0, 0.1) is 5.82 Å². The second-order valence-corrected chi connectivity index (χ2v) is 3.95. The van der Waals surface area contributed by atoms with Gasteiger partial charge in [0.25, 0.3) is 0 Å². The quantitative estimate of drug-likeness (QED) is 0.879. The van der Waals surface area contributed by atoms with Crippen LogP contribution in [-0.4, -0.2) is 12.2 Å². The molecule has 4 heteroatoms. The van der Waals surface area contributed by atoms with Gasteiger partial charge in [-0.1, -0.05) is 17.7 Å². The highest BCUT2D eigenvalue weighted by Crippen LogP contribution is 2.31. The zero-order valence-electron chi connectivity index (χ0n) is 9.08. The van der Waals surface area contributed by atoms with Gasteiger partial charge < -0.3 is 9.84 Å². The molecule has 0 saturated heterocycles. The monoisotopic (exact) mass is 252 g/mol. The van der Waals surface area contributed by atoms with Crippen molar-refractivity contribution in [3.63, 3.8) is 0 Å². The van der Waals surface area contributed by atoms with Crippen molar-refractivity contribution < 1.29 is 14.2 Å². The third-order valence-electron chi connectivity index (χ3n) is 2.37. The van der Waals surface area contributed by atoms with Gasteiger partial charge >= 0.3 is 0 Å². The lowest BCUT2D eigenvalue weighted by atomic mass is 10.1. The summed E-state index contributed by atoms with van der Waals surface area (Å²) in [6.45, 7) is 0. The van der Waals surface area contributed by atoms with Crippen LogP contribution in [0.3, 0.4) is 0 Å². The van der Waals surface area contributed by atoms with E-state index in [1.165, 1.54) is 19.2 Å². The van der Waals surface area contributed by atoms with E-state index in [0.29, 0.717) is 21.9 Å². The molecule has 0 unspecified atom stereocenters. The van der Waals surface area contributed by atoms with E-state index >= 15 is 0 Å². The summed E-state index contributed by atoms with van der Waals surface area (Å²) < 4.78 is 18.2. The summed E-state index contributed by atoms with van der Waals surface area (Å²) in [5, 5.41) is 9.77. The van der Waals surface area contributed by atoms with Gasteiger partial charge in [0.2, 0.25) is 0 Å². The Labute approximate surface area is 103 Å². The number of phenolic OH excluding ortho intramolecular Hbond substituents is 1. The van der Waals surface area contributed by atoms with Gasteiger partial charge in [-0.15, -0.1) is 0 Å². The van der Waals surface area contributed by atoms with Gasteiger partial charge in [-0.2, -0.15) is 0 Å². The van der Waals surface area contributed by atoms with E-state index in [2.05, 4.69) is 0 Å². The fourth-order valence-electron chi connectivity index (χ4n) is 1.59. The average Bonchev–Trinajstić information content (AvgIpc) is 2.27. The number of phenols is 1. The van der Waals surface area contributed by atoms with Gasteiger partial charge in [-0.05, 0) is 35.4 Å². The van der Waals surface area contributed by atoms with Gasteiger partial charge in [0.05, 0.1) is 12.1 Å². The normalized spacial score (nSPS) is 10.3. The Balaban J connectivity index is 2.49. The molecular weight excluding hydrogens is 243 g/mol. The van der Waals surface area contributed by atoms with E-state index in [4.69, 9.17) is 16.3 Å². The fourth-order valence-corrected chi connectivity index (χ4v) is 1.84. The maximum absolute atomic E-state index is 13.1. The first kappa shape index (κ1) is 11.7. The molecule has 0 aromatic heterocycles. The molecule has 2 rings (SSSR count). The predicted molar refractivity (Wildman–Crippen MR) is 65.1 cm³/mol. The SMILES string of the molecule is COc1ccc(-c2cc(O)cc(F)c2)cc1Cl. The molecule has 17 heavy (non-hydrogen) atoms. The number of benzene rings is 2. The molecule has 2 aromatic carbocycles. The van der Waals surface area contributed by atoms with Crippen LogP contribution in [0.25, 0.3) is 11.1 Å². The highest BCUT2D eigenvalue weighted by Gasteiger charge is 2.06. The number of halogens is 2. The summed E-state index contributed by atoms with van der Waals surface area (Å²) in [5.74, 6) is -0.0603. The number of aromatic hydroxyl groups is 1. The maximum Gasteiger partial charge on any atom is 0.137 e. The Bertz CT molecular complexity index is 535. The van der Waals surface area contributed by atoms with Crippen molar-refractivity contribution in [2.24, 2.45) is 0 Å². The third kappa shape index (κ3) is 2.50. The molecular formula is C13H10ClFO2. The highest BCUT2D eigenvalue weighted by molar-refractivity contribution is 6.32. The van der Waals surface area contributed by atoms with Crippen LogP contribution >= 0.6 is 11.6 Å². The lowest BCUT2D eigenvalue weighted by Crippen LogP contribution is -1.86. The Hall–Kier alpha value is -1.74. The van der Waals surface area contributed by atoms with Gasteiger partial charge in [0.15, 0.2) is 0 Å². The molecule has 0 aliphatic carbocycles. The number of methoxy groups -OCH3 is 1. The minimum absolute atomic E-state index is 0.119. The first-order chi connectivity index (χ1) is 8.10. The largest absolute Gasteiger partial charge is 0.508 e. The molecule has 0 spiro atoms. The lowest BCUT2D eigenvalue weighted by Gasteiger charge is -2.07. The highest BCUT2D eigenvalue weighted by atomic mass is 35.5. The molecule has 0 radical (unpaired) electrons. The zero-order chi connectivity index (χ0) is 12.4. The summed E-state index contributed by atoms with van der Waals surface area (Å²) in [4.78, 5) is 0. The van der Waals surface area contributed by atoms with Crippen LogP contribution in [0.15, 0.2) is 36.4 Å². The van der Waals surface area contributed by atoms with E-state index in [1.54, 1.807) is 18.2 Å². The van der Waals surface area contributed by atoms with Gasteiger partial charge in [-0.25, -0.2) is 4.39 Å². The average molecular weight is 253 g/mol. The molecule has 0 amide bonds. The Morgan fingerprint density at radius 3 is 2.47 bits per heavy atom. The summed E-state index contributed by atoms with van der Waals surface area (Å²) >= 11 is 5.98. The lowest BCUT2D eigenvalue weighted by molar-refractivity contribution is 0.415. The fraction of sp³-hybridized carbons (Fsp3) is 0.0769. The molecule has 0 aliphatic heterocycles. The van der Waals surface area contributed by atoms with Crippen LogP contribution in [0.5, 0.6) is 11.5 Å². The molecule has 0 atom stereocenters. The van der Waals surface area contributed by atoms with Crippen LogP contribution in [0.1, 0.15) is 0 Å². The molecule has 2 aromatic rings. The topological polar surface area (TPSA) is 29.5 Å². The van der Waals surface area contributed by atoms with Crippen molar-refractivity contribution >= 4 is 11.6 Å². The van der Waals surface area contributed by atoms with Crippen LogP contribution in [0.4, 0.5) is 4.39 Å². The zero-order valence-corrected chi connectivity index (χ0v) is 9.83. The van der Waals surface area contributed by atoms with E-state index < -0.39 is 5.82 Å². The van der Waals surface area contributed by atoms with Gasteiger partial charge in [0.1, 0.15) is 17.3 Å². The van der Waals surface area contributed by atoms with Crippen molar-refractivity contribution in [1.29, 1.82) is 0 Å². The second-order valence-electron chi connectivity index (χ2n) is 3.55. The van der Waals surface area contributed by atoms with Crippen LogP contribution in [0.2, 0.25) is 5.02 Å². The van der Waals surface area contributed by atoms with Crippen molar-refractivity contribution in [3.8, 4) is 22.6 Å². The third-order valence-corrected chi connectivity index (χ3v) is 2.66. The predicted octanol–water partition coefficient (Wildman–Crippen LogP) is 3.86. The first-order valence-electron chi connectivity index (χ1n) is 4.93. The van der Waals surface area contributed by atoms with E-state index in [0.717, 1.165) is 6.07 Å². The number of hydrogen-bond donors (Lipinski definition) is 1. The van der Waals surface area contributed by atoms with Gasteiger partial charge in [-0.3, -0.25) is 0 Å². The van der Waals surface area contributed by atoms with E-state index in [-0.39, 0.29) is 5.75 Å². The summed E-state index contributed by atoms with van der Waals surface area (Å²) in [6, 6.07) is 8.96. The molecule has 2 nitrogen and oxygen atoms in total. The van der Waals surface area contributed by atoms with Crippen molar-refractivity contribution in [3.05, 3.63) is 47.2 Å². The molecule has 1 N–H and O–H groups in total. The minimum Gasteiger partial charge on any atom is -0.508 e. The van der Waals surface area contributed by atoms with E-state index in [1.807, 2.05) is 0 Å². The maximum atomic E-state index is 13.1. The summed E-state index contributed by atoms with van der Waals surface area (Å²) in [7, 11) is 1.52. The van der Waals surface area contributed by atoms with Crippen molar-refractivity contribution in [1.82, 2.24) is 0 Å². The molecule has 0 saturated carbocycles. The Morgan fingerprint density at radius 2 is 1.88 bits per heavy atom. The number of rotatable bonds is 2. The van der Waals surface area contributed by atoms with Gasteiger partial charge in [0, 0.05) is 6.07 Å². The Morgan fingerprint density at radius 1 is 1.12 bits per heavy atom. The standard InChI is InChI=1S/C13H10ClFO2/c1-17-13-3-2-8(6-12(13)14)9-4-10(15)7-11(16)5-9/h2-7,16H,1H3. The van der Waals surface area contributed by atoms with Crippen molar-refractivity contribution in [2.75, 3.05) is 7.11 Å². The summed E-state index contributed by atoms with van der Waals surface area (Å²) in [5.41, 5.74) is 1.28. The van der Waals surface area contributed by atoms with Crippen molar-refractivity contribution in [2.45, 2.75) is 0 Å². The summed E-state index contributed by atoms with van der Waals surface area (Å²) in [6.07, 6.45) is 0. The van der Waals surface area contributed by atoms with Crippen LogP contribution < -0.4 is 4.74 Å². The van der Waals surface area contributed by atoms with Crippen LogP contribution in [-0.2, 0) is 0 Å². The van der Waals surface area contributed by atoms with E-state index in [9.17, 15) is 9.50 Å². The molecule has 0 aliphatic rings. The second kappa shape index (κ2) is 4.63. The molecule has 0 fully saturated rings. The molecule has 0 bridgehead atoms. The minimum atomic E-state index is -0.494. The number of hydrogen-bond acceptors (Lipinski definition) is 2. The molecule has 0 heterocycles.